The van der Waals surface area contributed by atoms with E-state index < -0.39 is 4.75 Å². The first-order valence-electron chi connectivity index (χ1n) is 8.21. The number of halogens is 1. The maximum absolute atomic E-state index is 13.5. The average Bonchev–Trinajstić information content (AvgIpc) is 2.96. The highest BCUT2D eigenvalue weighted by atomic mass is 127. The number of carbonyl (C=O) groups is 2. The minimum absolute atomic E-state index is 0.0476. The Morgan fingerprint density at radius 3 is 2.74 bits per heavy atom. The Hall–Kier alpha value is -0.400. The number of fused-ring (bicyclic) bond motifs is 4. The number of nitrogens with zero attached hydrogens (tertiary/aromatic N) is 1. The molecule has 0 N–H and O–H groups in total. The molecule has 0 radical (unpaired) electrons. The summed E-state index contributed by atoms with van der Waals surface area (Å²) in [5.41, 5.74) is 2.29. The fourth-order valence-corrected chi connectivity index (χ4v) is 7.92. The summed E-state index contributed by atoms with van der Waals surface area (Å²) in [6.07, 6.45) is 2.31. The molecule has 1 aliphatic carbocycles. The van der Waals surface area contributed by atoms with Crippen molar-refractivity contribution < 1.29 is 9.59 Å². The Kier molecular flexibility index (Phi) is 3.89. The summed E-state index contributed by atoms with van der Waals surface area (Å²) in [4.78, 5) is 28.2. The number of aryl methyl sites for hydroxylation is 1. The van der Waals surface area contributed by atoms with Crippen LogP contribution in [0.1, 0.15) is 43.4 Å². The van der Waals surface area contributed by atoms with Gasteiger partial charge in [-0.3, -0.25) is 14.5 Å². The molecule has 2 heterocycles. The predicted octanol–water partition coefficient (Wildman–Crippen LogP) is 3.88. The number of ketones is 2. The molecular formula is C18H20INO2S. The van der Waals surface area contributed by atoms with Gasteiger partial charge in [0.15, 0.2) is 5.78 Å². The standard InChI is InChI=1S/C18H20INO2S/c1-10-5-3-4-6-12(10)16-17(22)18(23-19)9-13-14(7-8-15(13)21)20(16)11(18)2/h3-6,11,13-14,16H,7-9H2,1-2H3. The highest BCUT2D eigenvalue weighted by Crippen LogP contribution is 2.59. The largest absolute Gasteiger partial charge is 0.299 e. The molecule has 5 heteroatoms. The van der Waals surface area contributed by atoms with Crippen molar-refractivity contribution in [1.29, 1.82) is 0 Å². The molecule has 4 rings (SSSR count). The number of Topliss-reactive ketones (excluding diaryl/α,β-unsaturated/α-hetero) is 2. The third kappa shape index (κ3) is 2.05. The minimum atomic E-state index is -0.436. The van der Waals surface area contributed by atoms with Crippen molar-refractivity contribution in [3.8, 4) is 0 Å². The van der Waals surface area contributed by atoms with E-state index in [1.165, 1.54) is 5.56 Å². The van der Waals surface area contributed by atoms with E-state index in [0.29, 0.717) is 18.0 Å². The van der Waals surface area contributed by atoms with Crippen molar-refractivity contribution in [2.45, 2.75) is 56.0 Å². The number of benzene rings is 1. The van der Waals surface area contributed by atoms with Crippen LogP contribution in [0.2, 0.25) is 0 Å². The van der Waals surface area contributed by atoms with Crippen molar-refractivity contribution in [3.05, 3.63) is 35.4 Å². The summed E-state index contributed by atoms with van der Waals surface area (Å²) in [5, 5.41) is 0. The molecule has 3 fully saturated rings. The zero-order valence-corrected chi connectivity index (χ0v) is 16.3. The van der Waals surface area contributed by atoms with Gasteiger partial charge in [-0.2, -0.15) is 0 Å². The molecule has 1 aromatic carbocycles. The molecule has 2 aliphatic heterocycles. The first-order chi connectivity index (χ1) is 11.0. The predicted molar refractivity (Wildman–Crippen MR) is 101 cm³/mol. The van der Waals surface area contributed by atoms with E-state index in [1.54, 1.807) is 8.93 Å². The fraction of sp³-hybridized carbons (Fsp3) is 0.556. The Bertz CT molecular complexity index is 693. The lowest BCUT2D eigenvalue weighted by atomic mass is 9.81. The normalized spacial score (nSPS) is 42.1. The lowest BCUT2D eigenvalue weighted by molar-refractivity contribution is -0.123. The fourth-order valence-electron chi connectivity index (χ4n) is 4.94. The van der Waals surface area contributed by atoms with Gasteiger partial charge in [-0.15, -0.1) is 0 Å². The van der Waals surface area contributed by atoms with Crippen LogP contribution in [0.3, 0.4) is 0 Å². The van der Waals surface area contributed by atoms with Gasteiger partial charge in [0.25, 0.3) is 0 Å². The van der Waals surface area contributed by atoms with E-state index >= 15 is 0 Å². The molecule has 2 bridgehead atoms. The average molecular weight is 441 g/mol. The zero-order valence-electron chi connectivity index (χ0n) is 13.3. The highest BCUT2D eigenvalue weighted by Gasteiger charge is 2.66. The summed E-state index contributed by atoms with van der Waals surface area (Å²) in [6, 6.07) is 8.45. The number of hydrogen-bond acceptors (Lipinski definition) is 4. The van der Waals surface area contributed by atoms with Gasteiger partial charge >= 0.3 is 0 Å². The quantitative estimate of drug-likeness (QED) is 0.653. The maximum Gasteiger partial charge on any atom is 0.172 e. The second-order valence-corrected chi connectivity index (χ2v) is 9.30. The smallest absolute Gasteiger partial charge is 0.172 e. The molecule has 6 unspecified atom stereocenters. The summed E-state index contributed by atoms with van der Waals surface area (Å²) in [6.45, 7) is 4.26. The molecule has 1 saturated carbocycles. The monoisotopic (exact) mass is 441 g/mol. The van der Waals surface area contributed by atoms with E-state index in [1.807, 2.05) is 12.1 Å². The lowest BCUT2D eigenvalue weighted by Crippen LogP contribution is -2.54. The van der Waals surface area contributed by atoms with Crippen molar-refractivity contribution in [1.82, 2.24) is 4.90 Å². The highest BCUT2D eigenvalue weighted by molar-refractivity contribution is 14.2. The van der Waals surface area contributed by atoms with Gasteiger partial charge in [-0.25, -0.2) is 0 Å². The van der Waals surface area contributed by atoms with Crippen LogP contribution in [0.25, 0.3) is 0 Å². The van der Waals surface area contributed by atoms with Crippen molar-refractivity contribution >= 4 is 41.7 Å². The second-order valence-electron chi connectivity index (χ2n) is 7.10. The number of carbonyl (C=O) groups excluding carboxylic acids is 2. The summed E-state index contributed by atoms with van der Waals surface area (Å²) in [5.74, 6) is 0.715. The topological polar surface area (TPSA) is 37.4 Å². The number of hydrogen-bond donors (Lipinski definition) is 0. The van der Waals surface area contributed by atoms with Crippen LogP contribution >= 0.6 is 30.1 Å². The van der Waals surface area contributed by atoms with Gasteiger partial charge in [-0.1, -0.05) is 33.2 Å². The Morgan fingerprint density at radius 1 is 1.30 bits per heavy atom. The molecule has 23 heavy (non-hydrogen) atoms. The van der Waals surface area contributed by atoms with Crippen molar-refractivity contribution in [3.63, 3.8) is 0 Å². The molecular weight excluding hydrogens is 421 g/mol. The first kappa shape index (κ1) is 16.1. The van der Waals surface area contributed by atoms with Crippen molar-refractivity contribution in [2.24, 2.45) is 5.92 Å². The Morgan fingerprint density at radius 2 is 2.04 bits per heavy atom. The summed E-state index contributed by atoms with van der Waals surface area (Å²) >= 11 is 2.27. The summed E-state index contributed by atoms with van der Waals surface area (Å²) < 4.78 is -0.436. The van der Waals surface area contributed by atoms with E-state index in [-0.39, 0.29) is 24.0 Å². The van der Waals surface area contributed by atoms with Crippen molar-refractivity contribution in [2.75, 3.05) is 0 Å². The Labute approximate surface area is 153 Å². The molecule has 0 spiro atoms. The van der Waals surface area contributed by atoms with Gasteiger partial charge in [0.05, 0.1) is 6.04 Å². The van der Waals surface area contributed by atoms with Crippen LogP contribution in [0.4, 0.5) is 0 Å². The lowest BCUT2D eigenvalue weighted by Gasteiger charge is -2.44. The van der Waals surface area contributed by atoms with E-state index in [2.05, 4.69) is 52.1 Å². The summed E-state index contributed by atoms with van der Waals surface area (Å²) in [7, 11) is 1.63. The Balaban J connectivity index is 1.87. The maximum atomic E-state index is 13.5. The number of rotatable bonds is 2. The first-order valence-corrected chi connectivity index (χ1v) is 11.6. The molecule has 1 aromatic rings. The molecule has 0 amide bonds. The minimum Gasteiger partial charge on any atom is -0.299 e. The third-order valence-electron chi connectivity index (χ3n) is 6.18. The van der Waals surface area contributed by atoms with E-state index in [9.17, 15) is 9.59 Å². The molecule has 3 aliphatic rings. The SMILES string of the molecule is Cc1ccccc1C1C(=O)C2(SI)CC3C(=O)CCC3N1C2C. The van der Waals surface area contributed by atoms with Crippen LogP contribution in [-0.2, 0) is 9.59 Å². The van der Waals surface area contributed by atoms with Gasteiger partial charge in [-0.05, 0) is 59.0 Å². The second kappa shape index (κ2) is 5.56. The van der Waals surface area contributed by atoms with Gasteiger partial charge in [0.2, 0.25) is 0 Å². The molecule has 0 aromatic heterocycles. The van der Waals surface area contributed by atoms with Gasteiger partial charge in [0.1, 0.15) is 10.5 Å². The van der Waals surface area contributed by atoms with Crippen LogP contribution in [-0.4, -0.2) is 33.3 Å². The molecule has 3 nitrogen and oxygen atoms in total. The van der Waals surface area contributed by atoms with Crippen LogP contribution in [0.5, 0.6) is 0 Å². The molecule has 6 atom stereocenters. The van der Waals surface area contributed by atoms with Gasteiger partial charge in [0, 0.05) is 24.4 Å². The van der Waals surface area contributed by atoms with E-state index in [4.69, 9.17) is 0 Å². The molecule has 122 valence electrons. The van der Waals surface area contributed by atoms with Crippen LogP contribution < -0.4 is 0 Å². The van der Waals surface area contributed by atoms with Crippen LogP contribution in [0.15, 0.2) is 24.3 Å². The van der Waals surface area contributed by atoms with Gasteiger partial charge < -0.3 is 0 Å². The van der Waals surface area contributed by atoms with E-state index in [0.717, 1.165) is 18.4 Å². The van der Waals surface area contributed by atoms with Crippen LogP contribution in [0, 0.1) is 12.8 Å². The third-order valence-corrected chi connectivity index (χ3v) is 9.52. The number of piperidine rings is 1. The zero-order chi connectivity index (χ0) is 16.4. The molecule has 2 saturated heterocycles.